The first-order chi connectivity index (χ1) is 9.31. The highest BCUT2D eigenvalue weighted by Gasteiger charge is 2.18. The molecule has 3 heteroatoms. The van der Waals surface area contributed by atoms with Gasteiger partial charge in [0.1, 0.15) is 17.0 Å². The van der Waals surface area contributed by atoms with Crippen LogP contribution in [0.5, 0.6) is 0 Å². The van der Waals surface area contributed by atoms with E-state index in [0.29, 0.717) is 12.1 Å². The van der Waals surface area contributed by atoms with Gasteiger partial charge < -0.3 is 0 Å². The van der Waals surface area contributed by atoms with E-state index in [2.05, 4.69) is 4.98 Å². The second-order valence-corrected chi connectivity index (χ2v) is 4.38. The van der Waals surface area contributed by atoms with Gasteiger partial charge in [0, 0.05) is 18.2 Å². The van der Waals surface area contributed by atoms with Gasteiger partial charge in [-0.1, -0.05) is 43.3 Å². The first-order valence-electron chi connectivity index (χ1n) is 6.37. The number of carbonyl (C=O) groups excluding carboxylic acids is 1. The topological polar surface area (TPSA) is 34.4 Å². The summed E-state index contributed by atoms with van der Waals surface area (Å²) in [5.74, 6) is 0.109. The van der Waals surface area contributed by atoms with Crippen molar-refractivity contribution in [1.29, 1.82) is 0 Å². The summed E-state index contributed by atoms with van der Waals surface area (Å²) in [4.78, 5) is 16.8. The van der Waals surface area contributed by atoms with E-state index in [1.54, 1.807) is 0 Å². The van der Waals surface area contributed by atoms with Gasteiger partial charge in [0.15, 0.2) is 5.78 Å². The van der Waals surface area contributed by atoms with E-state index in [0.717, 1.165) is 16.9 Å². The number of rotatable bonds is 3. The minimum absolute atomic E-state index is 0.109. The molecule has 0 amide bonds. The van der Waals surface area contributed by atoms with Crippen molar-refractivity contribution >= 4 is 11.4 Å². The molecule has 0 bridgehead atoms. The highest BCUT2D eigenvalue weighted by Crippen LogP contribution is 2.25. The Morgan fingerprint density at radius 1 is 1.11 bits per heavy atom. The molecule has 3 nitrogen and oxygen atoms in total. The van der Waals surface area contributed by atoms with Crippen molar-refractivity contribution in [1.82, 2.24) is 9.38 Å². The molecule has 0 aliphatic heterocycles. The minimum Gasteiger partial charge on any atom is -0.297 e. The standard InChI is InChI=1S/C16H14N2O/c1-2-13(19)16-15(12-8-4-3-5-9-12)17-14-10-6-7-11-18(14)16/h3-11H,2H2,1H3. The van der Waals surface area contributed by atoms with Crippen molar-refractivity contribution in [3.05, 3.63) is 60.4 Å². The van der Waals surface area contributed by atoms with Crippen LogP contribution in [0.15, 0.2) is 54.7 Å². The van der Waals surface area contributed by atoms with Gasteiger partial charge >= 0.3 is 0 Å². The van der Waals surface area contributed by atoms with Crippen LogP contribution in [0.1, 0.15) is 23.8 Å². The lowest BCUT2D eigenvalue weighted by Crippen LogP contribution is -2.03. The molecule has 0 saturated heterocycles. The summed E-state index contributed by atoms with van der Waals surface area (Å²) >= 11 is 0. The Hall–Kier alpha value is -2.42. The van der Waals surface area contributed by atoms with Crippen LogP contribution in [-0.4, -0.2) is 15.2 Å². The smallest absolute Gasteiger partial charge is 0.181 e. The van der Waals surface area contributed by atoms with Crippen molar-refractivity contribution < 1.29 is 4.79 Å². The molecule has 0 unspecified atom stereocenters. The molecule has 0 saturated carbocycles. The van der Waals surface area contributed by atoms with Crippen LogP contribution in [0.25, 0.3) is 16.9 Å². The molecule has 0 fully saturated rings. The molecule has 19 heavy (non-hydrogen) atoms. The average Bonchev–Trinajstić information content (AvgIpc) is 2.87. The molecule has 1 aromatic carbocycles. The Morgan fingerprint density at radius 2 is 1.84 bits per heavy atom. The summed E-state index contributed by atoms with van der Waals surface area (Å²) in [7, 11) is 0. The number of pyridine rings is 1. The van der Waals surface area contributed by atoms with Crippen LogP contribution in [0, 0.1) is 0 Å². The van der Waals surface area contributed by atoms with E-state index in [-0.39, 0.29) is 5.78 Å². The number of fused-ring (bicyclic) bond motifs is 1. The fourth-order valence-corrected chi connectivity index (χ4v) is 2.23. The van der Waals surface area contributed by atoms with E-state index in [4.69, 9.17) is 0 Å². The third-order valence-corrected chi connectivity index (χ3v) is 3.16. The zero-order chi connectivity index (χ0) is 13.2. The Kier molecular flexibility index (Phi) is 2.88. The highest BCUT2D eigenvalue weighted by molar-refractivity contribution is 6.01. The number of ketones is 1. The summed E-state index contributed by atoms with van der Waals surface area (Å²) in [5, 5.41) is 0. The fraction of sp³-hybridized carbons (Fsp3) is 0.125. The number of benzene rings is 1. The second-order valence-electron chi connectivity index (χ2n) is 4.38. The van der Waals surface area contributed by atoms with Gasteiger partial charge in [-0.25, -0.2) is 4.98 Å². The number of hydrogen-bond donors (Lipinski definition) is 0. The van der Waals surface area contributed by atoms with Gasteiger partial charge in [-0.05, 0) is 12.1 Å². The van der Waals surface area contributed by atoms with Gasteiger partial charge in [-0.3, -0.25) is 9.20 Å². The fourth-order valence-electron chi connectivity index (χ4n) is 2.23. The molecule has 0 aliphatic rings. The molecule has 2 heterocycles. The third-order valence-electron chi connectivity index (χ3n) is 3.16. The predicted octanol–water partition coefficient (Wildman–Crippen LogP) is 3.59. The van der Waals surface area contributed by atoms with Crippen molar-refractivity contribution in [3.8, 4) is 11.3 Å². The first-order valence-corrected chi connectivity index (χ1v) is 6.37. The quantitative estimate of drug-likeness (QED) is 0.666. The molecule has 0 atom stereocenters. The Labute approximate surface area is 111 Å². The lowest BCUT2D eigenvalue weighted by Gasteiger charge is -2.02. The summed E-state index contributed by atoms with van der Waals surface area (Å²) in [5.41, 5.74) is 3.21. The molecule has 0 aliphatic carbocycles. The SMILES string of the molecule is CCC(=O)c1c(-c2ccccc2)nc2ccccn12. The van der Waals surface area contributed by atoms with Crippen LogP contribution < -0.4 is 0 Å². The summed E-state index contributed by atoms with van der Waals surface area (Å²) in [6.07, 6.45) is 2.36. The summed E-state index contributed by atoms with van der Waals surface area (Å²) < 4.78 is 1.87. The minimum atomic E-state index is 0.109. The van der Waals surface area contributed by atoms with Gasteiger partial charge in [0.05, 0.1) is 0 Å². The van der Waals surface area contributed by atoms with Crippen LogP contribution in [0.4, 0.5) is 0 Å². The highest BCUT2D eigenvalue weighted by atomic mass is 16.1. The zero-order valence-corrected chi connectivity index (χ0v) is 10.7. The van der Waals surface area contributed by atoms with Crippen LogP contribution in [0.3, 0.4) is 0 Å². The van der Waals surface area contributed by atoms with Crippen LogP contribution in [-0.2, 0) is 0 Å². The molecule has 2 aromatic heterocycles. The normalized spacial score (nSPS) is 10.8. The number of aromatic nitrogens is 2. The maximum absolute atomic E-state index is 12.2. The lowest BCUT2D eigenvalue weighted by molar-refractivity contribution is 0.0983. The molecular formula is C16H14N2O. The Balaban J connectivity index is 2.32. The van der Waals surface area contributed by atoms with E-state index in [1.165, 1.54) is 0 Å². The molecule has 3 rings (SSSR count). The lowest BCUT2D eigenvalue weighted by atomic mass is 10.1. The van der Waals surface area contributed by atoms with E-state index in [1.807, 2.05) is 66.1 Å². The van der Waals surface area contributed by atoms with Crippen molar-refractivity contribution in [2.45, 2.75) is 13.3 Å². The summed E-state index contributed by atoms with van der Waals surface area (Å²) in [6.45, 7) is 1.87. The number of imidazole rings is 1. The second kappa shape index (κ2) is 4.69. The number of Topliss-reactive ketones (excluding diaryl/α,β-unsaturated/α-hetero) is 1. The maximum atomic E-state index is 12.2. The van der Waals surface area contributed by atoms with E-state index < -0.39 is 0 Å². The molecule has 94 valence electrons. The molecule has 0 spiro atoms. The number of nitrogens with zero attached hydrogens (tertiary/aromatic N) is 2. The third kappa shape index (κ3) is 1.93. The zero-order valence-electron chi connectivity index (χ0n) is 10.7. The molecule has 0 radical (unpaired) electrons. The predicted molar refractivity (Wildman–Crippen MR) is 75.2 cm³/mol. The van der Waals surface area contributed by atoms with Gasteiger partial charge in [0.25, 0.3) is 0 Å². The van der Waals surface area contributed by atoms with Crippen LogP contribution >= 0.6 is 0 Å². The molecule has 3 aromatic rings. The summed E-state index contributed by atoms with van der Waals surface area (Å²) in [6, 6.07) is 15.6. The van der Waals surface area contributed by atoms with Gasteiger partial charge in [-0.2, -0.15) is 0 Å². The van der Waals surface area contributed by atoms with E-state index >= 15 is 0 Å². The molecular weight excluding hydrogens is 236 g/mol. The maximum Gasteiger partial charge on any atom is 0.181 e. The van der Waals surface area contributed by atoms with Crippen molar-refractivity contribution in [2.75, 3.05) is 0 Å². The van der Waals surface area contributed by atoms with Crippen molar-refractivity contribution in [2.24, 2.45) is 0 Å². The van der Waals surface area contributed by atoms with E-state index in [9.17, 15) is 4.79 Å². The van der Waals surface area contributed by atoms with Gasteiger partial charge in [0.2, 0.25) is 0 Å². The Morgan fingerprint density at radius 3 is 2.58 bits per heavy atom. The van der Waals surface area contributed by atoms with Crippen molar-refractivity contribution in [3.63, 3.8) is 0 Å². The Bertz CT molecular complexity index is 729. The van der Waals surface area contributed by atoms with Crippen LogP contribution in [0.2, 0.25) is 0 Å². The largest absolute Gasteiger partial charge is 0.297 e. The number of hydrogen-bond acceptors (Lipinski definition) is 2. The first kappa shape index (κ1) is 11.7. The monoisotopic (exact) mass is 250 g/mol. The molecule has 0 N–H and O–H groups in total. The van der Waals surface area contributed by atoms with Gasteiger partial charge in [-0.15, -0.1) is 0 Å². The average molecular weight is 250 g/mol. The number of carbonyl (C=O) groups is 1.